The number of ether oxygens (including phenoxy) is 1. The molecule has 0 saturated carbocycles. The zero-order valence-corrected chi connectivity index (χ0v) is 8.64. The third-order valence-corrected chi connectivity index (χ3v) is 2.14. The Bertz CT molecular complexity index is 440. The molecule has 0 radical (unpaired) electrons. The average molecular weight is 228 g/mol. The van der Waals surface area contributed by atoms with Gasteiger partial charge in [-0.1, -0.05) is 0 Å². The summed E-state index contributed by atoms with van der Waals surface area (Å²) in [5.41, 5.74) is 0.137. The summed E-state index contributed by atoms with van der Waals surface area (Å²) in [7, 11) is 1.18. The molecule has 0 aliphatic heterocycles. The zero-order valence-electron chi connectivity index (χ0n) is 7.88. The molecule has 0 N–H and O–H groups in total. The molecule has 15 heavy (non-hydrogen) atoms. The van der Waals surface area contributed by atoms with Crippen molar-refractivity contribution in [2.24, 2.45) is 0 Å². The van der Waals surface area contributed by atoms with Gasteiger partial charge in [0, 0.05) is 5.56 Å². The van der Waals surface area contributed by atoms with Gasteiger partial charge in [0.25, 0.3) is 0 Å². The van der Waals surface area contributed by atoms with E-state index in [0.717, 1.165) is 6.07 Å². The Morgan fingerprint density at radius 1 is 1.67 bits per heavy atom. The molecule has 0 heterocycles. The van der Waals surface area contributed by atoms with Gasteiger partial charge < -0.3 is 4.74 Å². The largest absolute Gasteiger partial charge is 0.465 e. The summed E-state index contributed by atoms with van der Waals surface area (Å²) in [5, 5.41) is 8.73. The van der Waals surface area contributed by atoms with Crippen LogP contribution < -0.4 is 0 Å². The lowest BCUT2D eigenvalue weighted by molar-refractivity contribution is 0.0600. The number of hydrogen-bond donors (Lipinski definition) is 0. The fourth-order valence-electron chi connectivity index (χ4n) is 1.11. The van der Waals surface area contributed by atoms with Crippen LogP contribution in [-0.4, -0.2) is 13.1 Å². The lowest BCUT2D eigenvalue weighted by atomic mass is 10.1. The number of esters is 1. The van der Waals surface area contributed by atoms with Crippen LogP contribution in [0.1, 0.15) is 21.5 Å². The maximum absolute atomic E-state index is 13.4. The minimum Gasteiger partial charge on any atom is -0.465 e. The van der Waals surface area contributed by atoms with Gasteiger partial charge in [0.15, 0.2) is 0 Å². The highest BCUT2D eigenvalue weighted by molar-refractivity contribution is 6.17. The second-order valence-electron chi connectivity index (χ2n) is 2.72. The number of halogens is 2. The van der Waals surface area contributed by atoms with Crippen molar-refractivity contribution in [2.45, 2.75) is 5.88 Å². The van der Waals surface area contributed by atoms with E-state index in [1.165, 1.54) is 13.2 Å². The Balaban J connectivity index is 3.33. The van der Waals surface area contributed by atoms with Crippen LogP contribution in [0, 0.1) is 17.1 Å². The zero-order chi connectivity index (χ0) is 11.4. The van der Waals surface area contributed by atoms with Crippen LogP contribution in [0.5, 0.6) is 0 Å². The Morgan fingerprint density at radius 2 is 2.33 bits per heavy atom. The molecule has 0 atom stereocenters. The first kappa shape index (κ1) is 11.5. The van der Waals surface area contributed by atoms with Crippen LogP contribution in [0.3, 0.4) is 0 Å². The number of methoxy groups -OCH3 is 1. The molecule has 1 aromatic rings. The fourth-order valence-corrected chi connectivity index (χ4v) is 1.38. The van der Waals surface area contributed by atoms with Crippen molar-refractivity contribution in [2.75, 3.05) is 7.11 Å². The molecule has 78 valence electrons. The van der Waals surface area contributed by atoms with Crippen LogP contribution in [0.4, 0.5) is 4.39 Å². The van der Waals surface area contributed by atoms with Gasteiger partial charge >= 0.3 is 5.97 Å². The van der Waals surface area contributed by atoms with Crippen LogP contribution >= 0.6 is 11.6 Å². The average Bonchev–Trinajstić information content (AvgIpc) is 2.26. The van der Waals surface area contributed by atoms with E-state index in [-0.39, 0.29) is 22.6 Å². The van der Waals surface area contributed by atoms with E-state index in [4.69, 9.17) is 16.9 Å². The van der Waals surface area contributed by atoms with Crippen molar-refractivity contribution < 1.29 is 13.9 Å². The maximum Gasteiger partial charge on any atom is 0.337 e. The molecule has 0 aliphatic carbocycles. The first-order chi connectivity index (χ1) is 7.13. The van der Waals surface area contributed by atoms with Gasteiger partial charge in [-0.2, -0.15) is 5.26 Å². The van der Waals surface area contributed by atoms with Crippen molar-refractivity contribution in [1.82, 2.24) is 0 Å². The van der Waals surface area contributed by atoms with Crippen LogP contribution in [0.15, 0.2) is 12.1 Å². The topological polar surface area (TPSA) is 50.1 Å². The summed E-state index contributed by atoms with van der Waals surface area (Å²) in [6, 6.07) is 4.04. The van der Waals surface area contributed by atoms with E-state index in [1.807, 2.05) is 0 Å². The highest BCUT2D eigenvalue weighted by Gasteiger charge is 2.14. The summed E-state index contributed by atoms with van der Waals surface area (Å²) >= 11 is 5.47. The fraction of sp³-hybridized carbons (Fsp3) is 0.200. The van der Waals surface area contributed by atoms with Crippen LogP contribution in [0.25, 0.3) is 0 Å². The van der Waals surface area contributed by atoms with Crippen molar-refractivity contribution in [3.8, 4) is 6.07 Å². The SMILES string of the molecule is COC(=O)c1cc(F)c(CCl)c(C#N)c1. The van der Waals surface area contributed by atoms with Crippen LogP contribution in [0.2, 0.25) is 0 Å². The molecule has 0 saturated heterocycles. The molecular weight excluding hydrogens is 221 g/mol. The highest BCUT2D eigenvalue weighted by Crippen LogP contribution is 2.18. The molecular formula is C10H7ClFNO2. The quantitative estimate of drug-likeness (QED) is 0.575. The molecule has 0 aliphatic rings. The number of carbonyl (C=O) groups excluding carboxylic acids is 1. The molecule has 0 aromatic heterocycles. The summed E-state index contributed by atoms with van der Waals surface area (Å²) < 4.78 is 17.8. The second-order valence-corrected chi connectivity index (χ2v) is 2.99. The molecule has 5 heteroatoms. The molecule has 0 fully saturated rings. The van der Waals surface area contributed by atoms with Gasteiger partial charge in [0.2, 0.25) is 0 Å². The van der Waals surface area contributed by atoms with Crippen molar-refractivity contribution in [3.05, 3.63) is 34.6 Å². The third-order valence-electron chi connectivity index (χ3n) is 1.87. The predicted octanol–water partition coefficient (Wildman–Crippen LogP) is 2.22. The van der Waals surface area contributed by atoms with E-state index in [0.29, 0.717) is 0 Å². The van der Waals surface area contributed by atoms with Crippen molar-refractivity contribution in [3.63, 3.8) is 0 Å². The minimum absolute atomic E-state index is 0.000386. The van der Waals surface area contributed by atoms with Gasteiger partial charge in [-0.05, 0) is 12.1 Å². The number of rotatable bonds is 2. The van der Waals surface area contributed by atoms with Gasteiger partial charge in [0.1, 0.15) is 5.82 Å². The van der Waals surface area contributed by atoms with Gasteiger partial charge in [-0.3, -0.25) is 0 Å². The lowest BCUT2D eigenvalue weighted by Gasteiger charge is -2.04. The van der Waals surface area contributed by atoms with E-state index in [1.54, 1.807) is 6.07 Å². The first-order valence-corrected chi connectivity index (χ1v) is 4.54. The molecule has 3 nitrogen and oxygen atoms in total. The number of carbonyl (C=O) groups is 1. The predicted molar refractivity (Wildman–Crippen MR) is 52.0 cm³/mol. The van der Waals surface area contributed by atoms with E-state index in [2.05, 4.69) is 4.74 Å². The molecule has 0 amide bonds. The number of benzene rings is 1. The molecule has 1 aromatic carbocycles. The minimum atomic E-state index is -0.688. The van der Waals surface area contributed by atoms with E-state index in [9.17, 15) is 9.18 Å². The maximum atomic E-state index is 13.4. The summed E-state index contributed by atoms with van der Waals surface area (Å²) in [6.07, 6.45) is 0. The second kappa shape index (κ2) is 4.76. The normalized spacial score (nSPS) is 9.47. The molecule has 1 rings (SSSR count). The van der Waals surface area contributed by atoms with E-state index < -0.39 is 11.8 Å². The number of nitrogens with zero attached hydrogens (tertiary/aromatic N) is 1. The Hall–Kier alpha value is -1.60. The van der Waals surface area contributed by atoms with Crippen molar-refractivity contribution >= 4 is 17.6 Å². The van der Waals surface area contributed by atoms with E-state index >= 15 is 0 Å². The van der Waals surface area contributed by atoms with Gasteiger partial charge in [-0.25, -0.2) is 9.18 Å². The number of alkyl halides is 1. The smallest absolute Gasteiger partial charge is 0.337 e. The van der Waals surface area contributed by atoms with Gasteiger partial charge in [0.05, 0.1) is 30.2 Å². The number of nitriles is 1. The number of hydrogen-bond acceptors (Lipinski definition) is 3. The third kappa shape index (κ3) is 2.25. The molecule has 0 unspecified atom stereocenters. The summed E-state index contributed by atoms with van der Waals surface area (Å²) in [4.78, 5) is 11.1. The molecule has 0 spiro atoms. The summed E-state index contributed by atoms with van der Waals surface area (Å²) in [5.74, 6) is -1.48. The van der Waals surface area contributed by atoms with Crippen LogP contribution in [-0.2, 0) is 10.6 Å². The Morgan fingerprint density at radius 3 is 2.80 bits per heavy atom. The standard InChI is InChI=1S/C10H7ClFNO2/c1-15-10(14)6-2-7(5-13)8(4-11)9(12)3-6/h2-3H,4H2,1H3. The highest BCUT2D eigenvalue weighted by atomic mass is 35.5. The van der Waals surface area contributed by atoms with Gasteiger partial charge in [-0.15, -0.1) is 11.6 Å². The summed E-state index contributed by atoms with van der Waals surface area (Å²) in [6.45, 7) is 0. The Kier molecular flexibility index (Phi) is 3.64. The van der Waals surface area contributed by atoms with Crippen molar-refractivity contribution in [1.29, 1.82) is 5.26 Å². The molecule has 0 bridgehead atoms. The monoisotopic (exact) mass is 227 g/mol. The first-order valence-electron chi connectivity index (χ1n) is 4.00. The lowest BCUT2D eigenvalue weighted by Crippen LogP contribution is -2.04. The Labute approximate surface area is 91.0 Å².